The lowest BCUT2D eigenvalue weighted by Crippen LogP contribution is -2.51. The SMILES string of the molecule is CC(C)c1cn(C)c2ccc(NC(=O)OCc3ccc(NC(=O)CNC(=O)C(NC(=O)CCC(=O)N4Cc5ccccc5C#Cc5ccccc54)C(C)C)cc3)cc12. The van der Waals surface area contributed by atoms with Crippen LogP contribution in [0.15, 0.2) is 97.2 Å². The van der Waals surface area contributed by atoms with Gasteiger partial charge in [-0.15, -0.1) is 0 Å². The van der Waals surface area contributed by atoms with Gasteiger partial charge < -0.3 is 30.2 Å². The van der Waals surface area contributed by atoms with Crippen LogP contribution in [0, 0.1) is 17.8 Å². The van der Waals surface area contributed by atoms with Crippen LogP contribution in [0.2, 0.25) is 0 Å². The summed E-state index contributed by atoms with van der Waals surface area (Å²) in [6.07, 6.45) is 1.31. The topological polar surface area (TPSA) is 151 Å². The Kier molecular flexibility index (Phi) is 12.9. The number of anilines is 3. The number of aryl methyl sites for hydroxylation is 1. The van der Waals surface area contributed by atoms with E-state index >= 15 is 0 Å². The zero-order valence-corrected chi connectivity index (χ0v) is 33.3. The van der Waals surface area contributed by atoms with Crippen molar-refractivity contribution in [1.29, 1.82) is 0 Å². The zero-order chi connectivity index (χ0) is 41.3. The molecule has 298 valence electrons. The number of carbonyl (C=O) groups is 5. The van der Waals surface area contributed by atoms with Crippen molar-refractivity contribution in [2.75, 3.05) is 22.1 Å². The van der Waals surface area contributed by atoms with E-state index in [1.54, 1.807) is 43.0 Å². The van der Waals surface area contributed by atoms with E-state index in [0.717, 1.165) is 27.6 Å². The van der Waals surface area contributed by atoms with Crippen LogP contribution < -0.4 is 26.2 Å². The minimum atomic E-state index is -0.921. The van der Waals surface area contributed by atoms with Crippen molar-refractivity contribution in [1.82, 2.24) is 15.2 Å². The van der Waals surface area contributed by atoms with Crippen LogP contribution in [0.4, 0.5) is 21.9 Å². The van der Waals surface area contributed by atoms with Gasteiger partial charge >= 0.3 is 6.09 Å². The number of fused-ring (bicyclic) bond motifs is 3. The number of para-hydroxylation sites is 1. The fourth-order valence-electron chi connectivity index (χ4n) is 6.77. The highest BCUT2D eigenvalue weighted by atomic mass is 16.5. The van der Waals surface area contributed by atoms with E-state index in [-0.39, 0.29) is 37.8 Å². The summed E-state index contributed by atoms with van der Waals surface area (Å²) in [5.41, 5.74) is 7.26. The van der Waals surface area contributed by atoms with Crippen LogP contribution >= 0.6 is 0 Å². The molecular formula is C46H48N6O6. The maximum atomic E-state index is 13.6. The molecule has 0 saturated heterocycles. The Morgan fingerprint density at radius 3 is 2.21 bits per heavy atom. The van der Waals surface area contributed by atoms with Gasteiger partial charge in [-0.3, -0.25) is 24.5 Å². The van der Waals surface area contributed by atoms with Gasteiger partial charge in [-0.25, -0.2) is 4.79 Å². The van der Waals surface area contributed by atoms with E-state index < -0.39 is 29.9 Å². The van der Waals surface area contributed by atoms with Gasteiger partial charge in [0.2, 0.25) is 23.6 Å². The Morgan fingerprint density at radius 2 is 1.47 bits per heavy atom. The summed E-state index contributed by atoms with van der Waals surface area (Å²) in [7, 11) is 2.00. The third-order valence-electron chi connectivity index (χ3n) is 9.92. The second-order valence-electron chi connectivity index (χ2n) is 14.9. The highest BCUT2D eigenvalue weighted by Crippen LogP contribution is 2.30. The molecule has 1 aromatic heterocycles. The molecule has 2 heterocycles. The summed E-state index contributed by atoms with van der Waals surface area (Å²) < 4.78 is 7.50. The Morgan fingerprint density at radius 1 is 0.776 bits per heavy atom. The van der Waals surface area contributed by atoms with E-state index in [0.29, 0.717) is 35.1 Å². The molecule has 5 amide bonds. The largest absolute Gasteiger partial charge is 0.444 e. The van der Waals surface area contributed by atoms with Crippen LogP contribution in [0.25, 0.3) is 10.9 Å². The second kappa shape index (κ2) is 18.4. The van der Waals surface area contributed by atoms with Crippen molar-refractivity contribution in [2.24, 2.45) is 13.0 Å². The zero-order valence-electron chi connectivity index (χ0n) is 33.3. The van der Waals surface area contributed by atoms with Gasteiger partial charge in [-0.2, -0.15) is 0 Å². The lowest BCUT2D eigenvalue weighted by Gasteiger charge is -2.26. The molecule has 5 aromatic rings. The van der Waals surface area contributed by atoms with Gasteiger partial charge in [-0.1, -0.05) is 82.0 Å². The summed E-state index contributed by atoms with van der Waals surface area (Å²) in [4.78, 5) is 66.7. The monoisotopic (exact) mass is 780 g/mol. The summed E-state index contributed by atoms with van der Waals surface area (Å²) in [5.74, 6) is 4.72. The maximum Gasteiger partial charge on any atom is 0.411 e. The molecule has 1 atom stereocenters. The van der Waals surface area contributed by atoms with E-state index in [1.165, 1.54) is 5.56 Å². The first-order valence-electron chi connectivity index (χ1n) is 19.3. The molecule has 0 aliphatic carbocycles. The van der Waals surface area contributed by atoms with E-state index in [2.05, 4.69) is 57.7 Å². The average molecular weight is 781 g/mol. The minimum absolute atomic E-state index is 0.0212. The smallest absolute Gasteiger partial charge is 0.411 e. The molecule has 0 bridgehead atoms. The van der Waals surface area contributed by atoms with Crippen molar-refractivity contribution >= 4 is 57.7 Å². The van der Waals surface area contributed by atoms with Crippen LogP contribution in [0.5, 0.6) is 0 Å². The number of nitrogens with zero attached hydrogens (tertiary/aromatic N) is 2. The van der Waals surface area contributed by atoms with Gasteiger partial charge in [0.25, 0.3) is 0 Å². The number of carbonyl (C=O) groups excluding carboxylic acids is 5. The standard InChI is InChI=1S/C46H48N6O6/c1-29(2)38-27-51(5)40-21-20-36(24-37(38)40)49-46(57)58-28-31-14-18-35(19-15-31)48-42(54)25-47-45(56)44(30(3)4)50-41(53)22-23-43(55)52-26-34-12-7-6-10-32(34)16-17-33-11-8-9-13-39(33)52/h6-15,18-21,24,27,29-30,44H,22-23,25-26,28H2,1-5H3,(H,47,56)(H,48,54)(H,49,57)(H,50,53). The molecule has 58 heavy (non-hydrogen) atoms. The van der Waals surface area contributed by atoms with Crippen molar-refractivity contribution < 1.29 is 28.7 Å². The number of hydrogen-bond donors (Lipinski definition) is 4. The van der Waals surface area contributed by atoms with Gasteiger partial charge in [0.1, 0.15) is 12.6 Å². The van der Waals surface area contributed by atoms with Gasteiger partial charge in [0.15, 0.2) is 0 Å². The molecule has 0 spiro atoms. The van der Waals surface area contributed by atoms with Crippen LogP contribution in [-0.4, -0.2) is 46.9 Å². The Labute approximate surface area is 338 Å². The molecule has 1 aliphatic rings. The molecule has 0 saturated carbocycles. The molecule has 4 aromatic carbocycles. The maximum absolute atomic E-state index is 13.6. The highest BCUT2D eigenvalue weighted by molar-refractivity contribution is 5.98. The predicted molar refractivity (Wildman–Crippen MR) is 225 cm³/mol. The van der Waals surface area contributed by atoms with E-state index in [4.69, 9.17) is 4.74 Å². The second-order valence-corrected chi connectivity index (χ2v) is 14.9. The van der Waals surface area contributed by atoms with Crippen LogP contribution in [0.3, 0.4) is 0 Å². The Balaban J connectivity index is 0.944. The van der Waals surface area contributed by atoms with Gasteiger partial charge in [0, 0.05) is 59.5 Å². The molecule has 12 nitrogen and oxygen atoms in total. The first kappa shape index (κ1) is 40.8. The number of benzene rings is 4. The fourth-order valence-corrected chi connectivity index (χ4v) is 6.77. The Bertz CT molecular complexity index is 2400. The van der Waals surface area contributed by atoms with Crippen molar-refractivity contribution in [3.8, 4) is 11.8 Å². The van der Waals surface area contributed by atoms with Gasteiger partial charge in [0.05, 0.1) is 18.8 Å². The molecule has 1 unspecified atom stereocenters. The third-order valence-corrected chi connectivity index (χ3v) is 9.92. The first-order valence-corrected chi connectivity index (χ1v) is 19.3. The number of nitrogens with one attached hydrogen (secondary N) is 4. The third kappa shape index (κ3) is 10.1. The molecule has 12 heteroatoms. The number of hydrogen-bond acceptors (Lipinski definition) is 6. The average Bonchev–Trinajstić information content (AvgIpc) is 3.54. The summed E-state index contributed by atoms with van der Waals surface area (Å²) >= 11 is 0. The molecular weight excluding hydrogens is 733 g/mol. The lowest BCUT2D eigenvalue weighted by atomic mass is 10.0. The van der Waals surface area contributed by atoms with Crippen molar-refractivity contribution in [2.45, 2.75) is 65.6 Å². The number of rotatable bonds is 13. The van der Waals surface area contributed by atoms with Crippen molar-refractivity contribution in [3.05, 3.63) is 125 Å². The number of aromatic nitrogens is 1. The van der Waals surface area contributed by atoms with Crippen molar-refractivity contribution in [3.63, 3.8) is 0 Å². The summed E-state index contributed by atoms with van der Waals surface area (Å²) in [5, 5.41) is 11.9. The first-order chi connectivity index (χ1) is 27.9. The number of ether oxygens (including phenoxy) is 1. The lowest BCUT2D eigenvalue weighted by molar-refractivity contribution is -0.131. The molecule has 1 aliphatic heterocycles. The summed E-state index contributed by atoms with van der Waals surface area (Å²) in [6.45, 7) is 7.84. The van der Waals surface area contributed by atoms with E-state index in [9.17, 15) is 24.0 Å². The van der Waals surface area contributed by atoms with E-state index in [1.807, 2.05) is 73.8 Å². The quantitative estimate of drug-likeness (QED) is 0.0948. The fraction of sp³-hybridized carbons (Fsp3) is 0.283. The molecule has 4 N–H and O–H groups in total. The highest BCUT2D eigenvalue weighted by Gasteiger charge is 2.26. The van der Waals surface area contributed by atoms with Crippen LogP contribution in [0.1, 0.15) is 74.3 Å². The Hall–Kier alpha value is -6.87. The molecule has 0 radical (unpaired) electrons. The molecule has 0 fully saturated rings. The normalized spacial score (nSPS) is 12.3. The number of amides is 5. The predicted octanol–water partition coefficient (Wildman–Crippen LogP) is 6.97. The van der Waals surface area contributed by atoms with Gasteiger partial charge in [-0.05, 0) is 77.1 Å². The minimum Gasteiger partial charge on any atom is -0.444 e. The van der Waals surface area contributed by atoms with Crippen LogP contribution in [-0.2, 0) is 44.1 Å². The molecule has 6 rings (SSSR count). The summed E-state index contributed by atoms with van der Waals surface area (Å²) in [6, 6.07) is 26.7.